The third-order valence-electron chi connectivity index (χ3n) is 2.45. The Bertz CT molecular complexity index is 453. The van der Waals surface area contributed by atoms with Crippen LogP contribution in [-0.4, -0.2) is 32.8 Å². The number of hydrogen-bond donors (Lipinski definition) is 2. The summed E-state index contributed by atoms with van der Waals surface area (Å²) >= 11 is 0. The molecule has 4 nitrogen and oxygen atoms in total. The van der Waals surface area contributed by atoms with Gasteiger partial charge in [0.15, 0.2) is 5.96 Å². The summed E-state index contributed by atoms with van der Waals surface area (Å²) in [6.45, 7) is -0.767. The van der Waals surface area contributed by atoms with Crippen LogP contribution in [0, 0.1) is 0 Å². The second-order valence-corrected chi connectivity index (χ2v) is 4.10. The third kappa shape index (κ3) is 8.76. The maximum Gasteiger partial charge on any atom is 0.411 e. The number of ether oxygens (including phenoxy) is 1. The first-order valence-electron chi connectivity index (χ1n) is 6.05. The van der Waals surface area contributed by atoms with Gasteiger partial charge in [0.25, 0.3) is 0 Å². The molecule has 8 heteroatoms. The first kappa shape index (κ1) is 20.0. The normalized spacial score (nSPS) is 11.8. The van der Waals surface area contributed by atoms with Crippen LogP contribution >= 0.6 is 24.0 Å². The van der Waals surface area contributed by atoms with Crippen molar-refractivity contribution in [2.45, 2.75) is 19.3 Å². The second-order valence-electron chi connectivity index (χ2n) is 4.10. The Balaban J connectivity index is 0.00000400. The lowest BCUT2D eigenvalue weighted by Gasteiger charge is -2.10. The molecule has 0 aromatic heterocycles. The van der Waals surface area contributed by atoms with Crippen molar-refractivity contribution in [2.24, 2.45) is 4.99 Å². The van der Waals surface area contributed by atoms with Crippen molar-refractivity contribution in [3.05, 3.63) is 35.4 Å². The first-order chi connectivity index (χ1) is 9.44. The van der Waals surface area contributed by atoms with Crippen LogP contribution in [0.5, 0.6) is 0 Å². The Kier molecular flexibility index (Phi) is 9.34. The number of nitrogens with zero attached hydrogens (tertiary/aromatic N) is 1. The van der Waals surface area contributed by atoms with E-state index in [1.165, 1.54) is 0 Å². The molecule has 0 amide bonds. The van der Waals surface area contributed by atoms with Gasteiger partial charge in [-0.05, 0) is 11.1 Å². The molecule has 0 spiro atoms. The summed E-state index contributed by atoms with van der Waals surface area (Å²) in [5, 5.41) is 5.94. The van der Waals surface area contributed by atoms with Crippen LogP contribution in [0.3, 0.4) is 0 Å². The summed E-state index contributed by atoms with van der Waals surface area (Å²) in [6, 6.07) is 7.19. The van der Waals surface area contributed by atoms with Crippen molar-refractivity contribution >= 4 is 29.9 Å². The molecule has 0 aliphatic carbocycles. The highest BCUT2D eigenvalue weighted by molar-refractivity contribution is 14.0. The smallest absolute Gasteiger partial charge is 0.367 e. The fraction of sp³-hybridized carbons (Fsp3) is 0.462. The number of benzene rings is 1. The van der Waals surface area contributed by atoms with E-state index in [0.717, 1.165) is 5.56 Å². The molecule has 2 N–H and O–H groups in total. The van der Waals surface area contributed by atoms with E-state index in [0.29, 0.717) is 18.1 Å². The Morgan fingerprint density at radius 2 is 1.95 bits per heavy atom. The van der Waals surface area contributed by atoms with E-state index in [1.54, 1.807) is 32.3 Å². The summed E-state index contributed by atoms with van der Waals surface area (Å²) < 4.78 is 40.5. The van der Waals surface area contributed by atoms with Gasteiger partial charge in [-0.2, -0.15) is 13.2 Å². The van der Waals surface area contributed by atoms with E-state index in [-0.39, 0.29) is 30.6 Å². The number of halogens is 4. The standard InChI is InChI=1S/C13H18F3N3O.HI/c1-17-12(18-2)19-7-10-4-3-5-11(6-10)8-20-9-13(14,15)16;/h3-6H,7-9H2,1-2H3,(H2,17,18,19);1H. The molecule has 0 bridgehead atoms. The van der Waals surface area contributed by atoms with E-state index >= 15 is 0 Å². The molecule has 0 atom stereocenters. The Morgan fingerprint density at radius 3 is 2.52 bits per heavy atom. The zero-order valence-corrected chi connectivity index (χ0v) is 14.2. The summed E-state index contributed by atoms with van der Waals surface area (Å²) in [5.74, 6) is 0.642. The fourth-order valence-corrected chi connectivity index (χ4v) is 1.58. The van der Waals surface area contributed by atoms with Crippen LogP contribution in [0.1, 0.15) is 11.1 Å². The molecule has 1 aromatic carbocycles. The zero-order chi connectivity index (χ0) is 15.0. The lowest BCUT2D eigenvalue weighted by Crippen LogP contribution is -2.34. The van der Waals surface area contributed by atoms with E-state index in [2.05, 4.69) is 20.4 Å². The SMILES string of the molecule is CN=C(NC)NCc1cccc(COCC(F)(F)F)c1.I. The van der Waals surface area contributed by atoms with Crippen LogP contribution in [0.25, 0.3) is 0 Å². The monoisotopic (exact) mass is 417 g/mol. The van der Waals surface area contributed by atoms with Crippen LogP contribution in [0.2, 0.25) is 0 Å². The maximum atomic E-state index is 12.0. The van der Waals surface area contributed by atoms with Gasteiger partial charge >= 0.3 is 6.18 Å². The predicted octanol–water partition coefficient (Wildman–Crippen LogP) is 2.68. The highest BCUT2D eigenvalue weighted by Gasteiger charge is 2.27. The van der Waals surface area contributed by atoms with Crippen molar-refractivity contribution < 1.29 is 17.9 Å². The minimum atomic E-state index is -4.29. The van der Waals surface area contributed by atoms with Crippen molar-refractivity contribution in [1.29, 1.82) is 0 Å². The number of nitrogens with one attached hydrogen (secondary N) is 2. The molecule has 0 radical (unpaired) electrons. The second kappa shape index (κ2) is 9.82. The van der Waals surface area contributed by atoms with Gasteiger partial charge in [0.05, 0.1) is 6.61 Å². The van der Waals surface area contributed by atoms with Crippen LogP contribution < -0.4 is 10.6 Å². The van der Waals surface area contributed by atoms with Crippen LogP contribution in [-0.2, 0) is 17.9 Å². The average Bonchev–Trinajstić information content (AvgIpc) is 2.39. The molecule has 120 valence electrons. The lowest BCUT2D eigenvalue weighted by atomic mass is 10.1. The minimum Gasteiger partial charge on any atom is -0.367 e. The molecule has 0 saturated carbocycles. The van der Waals surface area contributed by atoms with Gasteiger partial charge in [-0.3, -0.25) is 4.99 Å². The summed E-state index contributed by atoms with van der Waals surface area (Å²) in [4.78, 5) is 3.97. The molecule has 21 heavy (non-hydrogen) atoms. The molecule has 1 rings (SSSR count). The Hall–Kier alpha value is -1.03. The van der Waals surface area contributed by atoms with Gasteiger partial charge in [0.1, 0.15) is 6.61 Å². The molecule has 1 aromatic rings. The average molecular weight is 417 g/mol. The zero-order valence-electron chi connectivity index (χ0n) is 11.8. The van der Waals surface area contributed by atoms with Gasteiger partial charge in [-0.15, -0.1) is 24.0 Å². The van der Waals surface area contributed by atoms with E-state index in [9.17, 15) is 13.2 Å². The molecular formula is C13H19F3IN3O. The largest absolute Gasteiger partial charge is 0.411 e. The number of guanidine groups is 1. The predicted molar refractivity (Wildman–Crippen MR) is 86.8 cm³/mol. The van der Waals surface area contributed by atoms with E-state index in [1.807, 2.05) is 6.07 Å². The molecule has 0 fully saturated rings. The van der Waals surface area contributed by atoms with Crippen molar-refractivity contribution in [3.63, 3.8) is 0 Å². The highest BCUT2D eigenvalue weighted by atomic mass is 127. The van der Waals surface area contributed by atoms with Crippen molar-refractivity contribution in [3.8, 4) is 0 Å². The number of alkyl halides is 3. The van der Waals surface area contributed by atoms with Crippen molar-refractivity contribution in [2.75, 3.05) is 20.7 Å². The first-order valence-corrected chi connectivity index (χ1v) is 6.05. The highest BCUT2D eigenvalue weighted by Crippen LogP contribution is 2.16. The Morgan fingerprint density at radius 1 is 1.29 bits per heavy atom. The Labute approximate surface area is 139 Å². The van der Waals surface area contributed by atoms with Crippen molar-refractivity contribution in [1.82, 2.24) is 10.6 Å². The third-order valence-corrected chi connectivity index (χ3v) is 2.45. The topological polar surface area (TPSA) is 45.7 Å². The van der Waals surface area contributed by atoms with Gasteiger partial charge in [0.2, 0.25) is 0 Å². The quantitative estimate of drug-likeness (QED) is 0.440. The molecule has 0 unspecified atom stereocenters. The molecule has 0 saturated heterocycles. The minimum absolute atomic E-state index is 0. The van der Waals surface area contributed by atoms with Crippen LogP contribution in [0.15, 0.2) is 29.3 Å². The van der Waals surface area contributed by atoms with E-state index in [4.69, 9.17) is 0 Å². The summed E-state index contributed by atoms with van der Waals surface area (Å²) in [5.41, 5.74) is 1.64. The van der Waals surface area contributed by atoms with Gasteiger partial charge < -0.3 is 15.4 Å². The van der Waals surface area contributed by atoms with Gasteiger partial charge in [0, 0.05) is 20.6 Å². The summed E-state index contributed by atoms with van der Waals surface area (Å²) in [6.07, 6.45) is -4.29. The number of aliphatic imine (C=N–C) groups is 1. The molecular weight excluding hydrogens is 398 g/mol. The van der Waals surface area contributed by atoms with E-state index < -0.39 is 12.8 Å². The molecule has 0 heterocycles. The maximum absolute atomic E-state index is 12.0. The molecule has 0 aliphatic rings. The molecule has 0 aliphatic heterocycles. The van der Waals surface area contributed by atoms with Gasteiger partial charge in [-0.1, -0.05) is 24.3 Å². The number of hydrogen-bond acceptors (Lipinski definition) is 2. The fourth-order valence-electron chi connectivity index (χ4n) is 1.58. The number of rotatable bonds is 5. The summed E-state index contributed by atoms with van der Waals surface area (Å²) in [7, 11) is 3.40. The lowest BCUT2D eigenvalue weighted by molar-refractivity contribution is -0.176. The van der Waals surface area contributed by atoms with Gasteiger partial charge in [-0.25, -0.2) is 0 Å². The van der Waals surface area contributed by atoms with Crippen LogP contribution in [0.4, 0.5) is 13.2 Å².